The number of rotatable bonds is 3. The smallest absolute Gasteiger partial charge is 0.377 e. The van der Waals surface area contributed by atoms with Gasteiger partial charge in [-0.15, -0.1) is 10.2 Å². The standard InChI is InChI=1S/C26H22ClF4N7O/c27-17-1-3-20-15(5-17)9-37(25(13-39-14-25)26(29,30)31)10-22-34-35-23(38(20)22)16-6-24(7-16)11-36(12-24)21-4-2-18(28)19(8-32)33-21/h1-5,16H,6-7,9-14H2. The van der Waals surface area contributed by atoms with Crippen molar-refractivity contribution in [2.45, 2.75) is 43.6 Å². The van der Waals surface area contributed by atoms with Crippen molar-refractivity contribution in [3.8, 4) is 11.8 Å². The van der Waals surface area contributed by atoms with Gasteiger partial charge >= 0.3 is 6.18 Å². The number of aromatic nitrogens is 4. The van der Waals surface area contributed by atoms with E-state index < -0.39 is 30.7 Å². The third-order valence-electron chi connectivity index (χ3n) is 8.58. The van der Waals surface area contributed by atoms with E-state index in [2.05, 4.69) is 15.2 Å². The van der Waals surface area contributed by atoms with Crippen LogP contribution in [0, 0.1) is 22.6 Å². The van der Waals surface area contributed by atoms with E-state index in [0.717, 1.165) is 37.4 Å². The zero-order valence-electron chi connectivity index (χ0n) is 20.5. The number of nitriles is 1. The Balaban J connectivity index is 1.15. The number of nitrogens with zero attached hydrogens (tertiary/aromatic N) is 7. The quantitative estimate of drug-likeness (QED) is 0.441. The van der Waals surface area contributed by atoms with Crippen molar-refractivity contribution >= 4 is 17.4 Å². The SMILES string of the molecule is N#Cc1nc(N2CC3(CC(c4nnc5n4-c4ccc(Cl)cc4CN(C4(C(F)(F)F)COC4)C5)C3)C2)ccc1F. The van der Waals surface area contributed by atoms with Crippen LogP contribution in [0.15, 0.2) is 30.3 Å². The Morgan fingerprint density at radius 3 is 2.51 bits per heavy atom. The number of alkyl halides is 3. The van der Waals surface area contributed by atoms with Gasteiger partial charge in [-0.1, -0.05) is 11.6 Å². The fourth-order valence-corrected chi connectivity index (χ4v) is 6.65. The van der Waals surface area contributed by atoms with Crippen molar-refractivity contribution < 1.29 is 22.3 Å². The molecule has 13 heteroatoms. The van der Waals surface area contributed by atoms with Crippen molar-refractivity contribution in [1.29, 1.82) is 5.26 Å². The topological polar surface area (TPSA) is 83.1 Å². The first-order chi connectivity index (χ1) is 18.6. The van der Waals surface area contributed by atoms with Crippen LogP contribution in [0.25, 0.3) is 5.69 Å². The van der Waals surface area contributed by atoms with Gasteiger partial charge in [0.1, 0.15) is 17.7 Å². The molecule has 3 aliphatic heterocycles. The first-order valence-corrected chi connectivity index (χ1v) is 12.9. The van der Waals surface area contributed by atoms with Crippen LogP contribution < -0.4 is 4.90 Å². The summed E-state index contributed by atoms with van der Waals surface area (Å²) in [6, 6.07) is 9.87. The number of halogens is 5. The molecule has 8 nitrogen and oxygen atoms in total. The van der Waals surface area contributed by atoms with Gasteiger partial charge in [0.2, 0.25) is 0 Å². The van der Waals surface area contributed by atoms with Gasteiger partial charge in [0.15, 0.2) is 22.9 Å². The molecule has 0 radical (unpaired) electrons. The molecule has 0 N–H and O–H groups in total. The Labute approximate surface area is 225 Å². The summed E-state index contributed by atoms with van der Waals surface area (Å²) >= 11 is 6.27. The Kier molecular flexibility index (Phi) is 5.31. The molecule has 39 heavy (non-hydrogen) atoms. The minimum absolute atomic E-state index is 0.0225. The van der Waals surface area contributed by atoms with Gasteiger partial charge in [0, 0.05) is 36.0 Å². The van der Waals surface area contributed by atoms with Crippen molar-refractivity contribution in [2.24, 2.45) is 5.41 Å². The maximum absolute atomic E-state index is 14.2. The molecule has 2 aromatic heterocycles. The highest BCUT2D eigenvalue weighted by atomic mass is 35.5. The summed E-state index contributed by atoms with van der Waals surface area (Å²) in [7, 11) is 0. The van der Waals surface area contributed by atoms with E-state index >= 15 is 0 Å². The monoisotopic (exact) mass is 559 g/mol. The number of fused-ring (bicyclic) bond motifs is 3. The summed E-state index contributed by atoms with van der Waals surface area (Å²) in [4.78, 5) is 7.53. The third-order valence-corrected chi connectivity index (χ3v) is 8.82. The predicted molar refractivity (Wildman–Crippen MR) is 131 cm³/mol. The van der Waals surface area contributed by atoms with Gasteiger partial charge in [-0.2, -0.15) is 18.4 Å². The molecular weight excluding hydrogens is 538 g/mol. The zero-order chi connectivity index (χ0) is 27.2. The minimum Gasteiger partial charge on any atom is -0.377 e. The second-order valence-electron chi connectivity index (χ2n) is 11.0. The highest BCUT2D eigenvalue weighted by molar-refractivity contribution is 6.30. The third kappa shape index (κ3) is 3.67. The first kappa shape index (κ1) is 24.7. The van der Waals surface area contributed by atoms with Crippen LogP contribution >= 0.6 is 11.6 Å². The van der Waals surface area contributed by atoms with Crippen LogP contribution in [0.1, 0.15) is 41.7 Å². The second kappa shape index (κ2) is 8.36. The van der Waals surface area contributed by atoms with Crippen LogP contribution in [-0.4, -0.2) is 62.7 Å². The van der Waals surface area contributed by atoms with Crippen molar-refractivity contribution in [1.82, 2.24) is 24.6 Å². The van der Waals surface area contributed by atoms with Crippen LogP contribution in [0.5, 0.6) is 0 Å². The molecule has 1 spiro atoms. The molecule has 0 bridgehead atoms. The highest BCUT2D eigenvalue weighted by Crippen LogP contribution is 2.57. The summed E-state index contributed by atoms with van der Waals surface area (Å²) in [6.45, 7) is 0.636. The molecule has 1 aromatic carbocycles. The van der Waals surface area contributed by atoms with Crippen molar-refractivity contribution in [3.63, 3.8) is 0 Å². The Hall–Kier alpha value is -3.27. The van der Waals surface area contributed by atoms with E-state index in [4.69, 9.17) is 21.6 Å². The number of ether oxygens (including phenoxy) is 1. The summed E-state index contributed by atoms with van der Waals surface area (Å²) in [5.41, 5.74) is -0.838. The number of pyridine rings is 1. The van der Waals surface area contributed by atoms with E-state index in [1.165, 1.54) is 11.0 Å². The number of anilines is 1. The maximum Gasteiger partial charge on any atom is 0.411 e. The minimum atomic E-state index is -4.47. The molecule has 0 amide bonds. The normalized spacial score (nSPS) is 21.7. The van der Waals surface area contributed by atoms with Crippen LogP contribution in [0.2, 0.25) is 5.02 Å². The van der Waals surface area contributed by atoms with Gasteiger partial charge in [-0.05, 0) is 48.7 Å². The average molecular weight is 560 g/mol. The first-order valence-electron chi connectivity index (χ1n) is 12.6. The summed E-state index contributed by atoms with van der Waals surface area (Å²) in [5, 5.41) is 18.4. The van der Waals surface area contributed by atoms with E-state index in [9.17, 15) is 17.6 Å². The molecular formula is C26H22ClF4N7O. The van der Waals surface area contributed by atoms with Crippen molar-refractivity contribution in [2.75, 3.05) is 31.2 Å². The van der Waals surface area contributed by atoms with E-state index in [0.29, 0.717) is 22.2 Å². The highest BCUT2D eigenvalue weighted by Gasteiger charge is 2.64. The zero-order valence-corrected chi connectivity index (χ0v) is 21.3. The lowest BCUT2D eigenvalue weighted by Crippen LogP contribution is -2.69. The Morgan fingerprint density at radius 1 is 1.08 bits per heavy atom. The molecule has 4 aliphatic rings. The number of hydrogen-bond donors (Lipinski definition) is 0. The molecule has 3 aromatic rings. The molecule has 1 saturated carbocycles. The van der Waals surface area contributed by atoms with Gasteiger partial charge in [-0.3, -0.25) is 9.47 Å². The summed E-state index contributed by atoms with van der Waals surface area (Å²) in [6.07, 6.45) is -2.80. The maximum atomic E-state index is 14.2. The molecule has 1 aliphatic carbocycles. The van der Waals surface area contributed by atoms with Crippen molar-refractivity contribution in [3.05, 3.63) is 64.1 Å². The fraction of sp³-hybridized carbons (Fsp3) is 0.462. The molecule has 2 saturated heterocycles. The average Bonchev–Trinajstić information content (AvgIpc) is 3.12. The Morgan fingerprint density at radius 2 is 1.85 bits per heavy atom. The van der Waals surface area contributed by atoms with Gasteiger partial charge in [0.25, 0.3) is 0 Å². The van der Waals surface area contributed by atoms with Crippen LogP contribution in [0.3, 0.4) is 0 Å². The summed E-state index contributed by atoms with van der Waals surface area (Å²) < 4.78 is 63.3. The lowest BCUT2D eigenvalue weighted by molar-refractivity contribution is -0.310. The lowest BCUT2D eigenvalue weighted by atomic mass is 9.57. The van der Waals surface area contributed by atoms with E-state index in [1.54, 1.807) is 24.3 Å². The second-order valence-corrected chi connectivity index (χ2v) is 11.5. The van der Waals surface area contributed by atoms with Crippen LogP contribution in [-0.2, 0) is 17.8 Å². The van der Waals surface area contributed by atoms with E-state index in [1.807, 2.05) is 15.5 Å². The van der Waals surface area contributed by atoms with Gasteiger partial charge in [0.05, 0.1) is 25.4 Å². The summed E-state index contributed by atoms with van der Waals surface area (Å²) in [5.74, 6) is 1.21. The predicted octanol–water partition coefficient (Wildman–Crippen LogP) is 4.36. The van der Waals surface area contributed by atoms with Gasteiger partial charge in [-0.25, -0.2) is 9.37 Å². The van der Waals surface area contributed by atoms with Gasteiger partial charge < -0.3 is 9.64 Å². The molecule has 0 atom stereocenters. The van der Waals surface area contributed by atoms with Crippen LogP contribution in [0.4, 0.5) is 23.4 Å². The molecule has 202 valence electrons. The fourth-order valence-electron chi connectivity index (χ4n) is 6.45. The molecule has 0 unspecified atom stereocenters. The largest absolute Gasteiger partial charge is 0.411 e. The molecule has 5 heterocycles. The lowest BCUT2D eigenvalue weighted by Gasteiger charge is -2.59. The Bertz CT molecular complexity index is 1520. The van der Waals surface area contributed by atoms with E-state index in [-0.39, 0.29) is 30.1 Å². The number of benzene rings is 1. The molecule has 7 rings (SSSR count). The number of hydrogen-bond acceptors (Lipinski definition) is 7. The molecule has 3 fully saturated rings.